The number of pyridine rings is 1. The summed E-state index contributed by atoms with van der Waals surface area (Å²) in [5, 5.41) is 12.1. The van der Waals surface area contributed by atoms with Gasteiger partial charge in [0.25, 0.3) is 0 Å². The number of hydrogen-bond donors (Lipinski definition) is 3. The average Bonchev–Trinajstić information content (AvgIpc) is 3.70. The maximum Gasteiger partial charge on any atom is 0.249 e. The summed E-state index contributed by atoms with van der Waals surface area (Å²) in [5.74, 6) is 1.45. The third-order valence-electron chi connectivity index (χ3n) is 6.08. The number of nitrogens with zero attached hydrogens (tertiary/aromatic N) is 2. The smallest absolute Gasteiger partial charge is 0.249 e. The van der Waals surface area contributed by atoms with Crippen molar-refractivity contribution in [3.8, 4) is 10.6 Å². The zero-order valence-electron chi connectivity index (χ0n) is 17.6. The van der Waals surface area contributed by atoms with E-state index in [0.717, 1.165) is 28.9 Å². The Bertz CT molecular complexity index is 1020. The standard InChI is InChI=1S/C23H27N5O2S/c1-13-17(21(29)26-11-15-4-5-15)9-18(22(30)27-13)19-12-31-23(28-19)16-6-7-24-20(8-16)25-10-14-2-3-14/h6-9,12-15,18H,2-5,10-11H2,1H3,(H,24,25)(H,26,29)(H,27,30). The van der Waals surface area contributed by atoms with Crippen LogP contribution in [0.15, 0.2) is 35.4 Å². The normalized spacial score (nSPS) is 23.1. The van der Waals surface area contributed by atoms with Crippen LogP contribution in [0.25, 0.3) is 10.6 Å². The van der Waals surface area contributed by atoms with Crippen molar-refractivity contribution < 1.29 is 9.59 Å². The summed E-state index contributed by atoms with van der Waals surface area (Å²) in [5.41, 5.74) is 2.25. The van der Waals surface area contributed by atoms with E-state index in [-0.39, 0.29) is 17.9 Å². The molecule has 2 unspecified atom stereocenters. The minimum absolute atomic E-state index is 0.0969. The molecule has 3 N–H and O–H groups in total. The van der Waals surface area contributed by atoms with E-state index in [4.69, 9.17) is 4.98 Å². The predicted molar refractivity (Wildman–Crippen MR) is 121 cm³/mol. The fraction of sp³-hybridized carbons (Fsp3) is 0.478. The molecule has 0 radical (unpaired) electrons. The van der Waals surface area contributed by atoms with Gasteiger partial charge >= 0.3 is 0 Å². The van der Waals surface area contributed by atoms with Crippen LogP contribution in [0.5, 0.6) is 0 Å². The van der Waals surface area contributed by atoms with Gasteiger partial charge in [-0.2, -0.15) is 0 Å². The first-order valence-electron chi connectivity index (χ1n) is 11.0. The zero-order valence-corrected chi connectivity index (χ0v) is 18.4. The molecular weight excluding hydrogens is 410 g/mol. The lowest BCUT2D eigenvalue weighted by Gasteiger charge is -2.26. The Morgan fingerprint density at radius 3 is 2.77 bits per heavy atom. The van der Waals surface area contributed by atoms with Crippen molar-refractivity contribution in [2.24, 2.45) is 11.8 Å². The van der Waals surface area contributed by atoms with Crippen molar-refractivity contribution in [1.82, 2.24) is 20.6 Å². The van der Waals surface area contributed by atoms with Gasteiger partial charge in [-0.05, 0) is 56.6 Å². The van der Waals surface area contributed by atoms with Crippen LogP contribution in [0.1, 0.15) is 44.2 Å². The van der Waals surface area contributed by atoms with Crippen molar-refractivity contribution in [1.29, 1.82) is 0 Å². The van der Waals surface area contributed by atoms with Gasteiger partial charge in [0, 0.05) is 35.8 Å². The Morgan fingerprint density at radius 2 is 2.00 bits per heavy atom. The van der Waals surface area contributed by atoms with Gasteiger partial charge in [0.15, 0.2) is 0 Å². The summed E-state index contributed by atoms with van der Waals surface area (Å²) in [4.78, 5) is 34.4. The monoisotopic (exact) mass is 437 g/mol. The second kappa shape index (κ2) is 8.42. The molecule has 5 rings (SSSR count). The first-order valence-corrected chi connectivity index (χ1v) is 11.9. The fourth-order valence-corrected chi connectivity index (χ4v) is 4.58. The molecule has 2 saturated carbocycles. The lowest BCUT2D eigenvalue weighted by atomic mass is 9.93. The van der Waals surface area contributed by atoms with Crippen molar-refractivity contribution >= 4 is 29.0 Å². The van der Waals surface area contributed by atoms with Gasteiger partial charge in [-0.3, -0.25) is 9.59 Å². The summed E-state index contributed by atoms with van der Waals surface area (Å²) >= 11 is 1.50. The van der Waals surface area contributed by atoms with E-state index >= 15 is 0 Å². The van der Waals surface area contributed by atoms with Gasteiger partial charge in [-0.15, -0.1) is 11.3 Å². The third kappa shape index (κ3) is 4.79. The minimum Gasteiger partial charge on any atom is -0.370 e. The van der Waals surface area contributed by atoms with Crippen LogP contribution in [0.2, 0.25) is 0 Å². The van der Waals surface area contributed by atoms with E-state index in [2.05, 4.69) is 20.9 Å². The number of aromatic nitrogens is 2. The topological polar surface area (TPSA) is 96.0 Å². The van der Waals surface area contributed by atoms with Crippen molar-refractivity contribution in [3.05, 3.63) is 41.1 Å². The second-order valence-corrected chi connectivity index (χ2v) is 9.67. The van der Waals surface area contributed by atoms with Crippen LogP contribution in [0.3, 0.4) is 0 Å². The van der Waals surface area contributed by atoms with Crippen molar-refractivity contribution in [2.45, 2.75) is 44.6 Å². The summed E-state index contributed by atoms with van der Waals surface area (Å²) in [6, 6.07) is 3.63. The molecule has 7 nitrogen and oxygen atoms in total. The summed E-state index contributed by atoms with van der Waals surface area (Å²) in [6.45, 7) is 3.51. The van der Waals surface area contributed by atoms with Crippen molar-refractivity contribution in [2.75, 3.05) is 18.4 Å². The molecule has 1 aliphatic heterocycles. The molecule has 2 aromatic heterocycles. The molecule has 31 heavy (non-hydrogen) atoms. The Kier molecular flexibility index (Phi) is 5.48. The molecule has 3 heterocycles. The highest BCUT2D eigenvalue weighted by Crippen LogP contribution is 2.32. The largest absolute Gasteiger partial charge is 0.370 e. The van der Waals surface area contributed by atoms with Crippen LogP contribution < -0.4 is 16.0 Å². The van der Waals surface area contributed by atoms with Crippen LogP contribution in [-0.2, 0) is 9.59 Å². The van der Waals surface area contributed by atoms with Crippen LogP contribution in [-0.4, -0.2) is 40.9 Å². The van der Waals surface area contributed by atoms with Gasteiger partial charge < -0.3 is 16.0 Å². The van der Waals surface area contributed by atoms with Gasteiger partial charge in [0.05, 0.1) is 17.7 Å². The molecule has 0 spiro atoms. The lowest BCUT2D eigenvalue weighted by molar-refractivity contribution is -0.123. The molecule has 0 saturated heterocycles. The molecular formula is C23H27N5O2S. The molecule has 3 aliphatic rings. The molecule has 2 aromatic rings. The Labute approximate surface area is 185 Å². The first kappa shape index (κ1) is 20.2. The fourth-order valence-electron chi connectivity index (χ4n) is 3.73. The molecule has 162 valence electrons. The highest BCUT2D eigenvalue weighted by molar-refractivity contribution is 7.13. The molecule has 0 bridgehead atoms. The number of carbonyl (C=O) groups is 2. The maximum atomic E-state index is 12.7. The average molecular weight is 438 g/mol. The van der Waals surface area contributed by atoms with Crippen LogP contribution >= 0.6 is 11.3 Å². The Balaban J connectivity index is 1.33. The van der Waals surface area contributed by atoms with E-state index in [1.54, 1.807) is 12.3 Å². The van der Waals surface area contributed by atoms with Crippen LogP contribution in [0, 0.1) is 11.8 Å². The van der Waals surface area contributed by atoms with E-state index in [9.17, 15) is 9.59 Å². The van der Waals surface area contributed by atoms with Gasteiger partial charge in [0.2, 0.25) is 11.8 Å². The third-order valence-corrected chi connectivity index (χ3v) is 6.99. The maximum absolute atomic E-state index is 12.7. The number of nitrogens with one attached hydrogen (secondary N) is 3. The first-order chi connectivity index (χ1) is 15.1. The summed E-state index contributed by atoms with van der Waals surface area (Å²) < 4.78 is 0. The van der Waals surface area contributed by atoms with Crippen molar-refractivity contribution in [3.63, 3.8) is 0 Å². The highest BCUT2D eigenvalue weighted by atomic mass is 32.1. The van der Waals surface area contributed by atoms with Gasteiger partial charge in [-0.25, -0.2) is 9.97 Å². The number of amides is 2. The van der Waals surface area contributed by atoms with E-state index in [1.165, 1.54) is 37.0 Å². The molecule has 0 aromatic carbocycles. The molecule has 2 aliphatic carbocycles. The number of thiazole rings is 1. The minimum atomic E-state index is -0.558. The Hall–Kier alpha value is -2.74. The second-order valence-electron chi connectivity index (χ2n) is 8.81. The number of rotatable bonds is 8. The Morgan fingerprint density at radius 1 is 1.23 bits per heavy atom. The van der Waals surface area contributed by atoms with E-state index in [1.807, 2.05) is 24.4 Å². The molecule has 2 atom stereocenters. The van der Waals surface area contributed by atoms with E-state index < -0.39 is 5.92 Å². The van der Waals surface area contributed by atoms with Gasteiger partial charge in [-0.1, -0.05) is 6.08 Å². The number of anilines is 1. The molecule has 2 amide bonds. The summed E-state index contributed by atoms with van der Waals surface area (Å²) in [7, 11) is 0. The number of hydrogen-bond acceptors (Lipinski definition) is 6. The molecule has 2 fully saturated rings. The number of carbonyl (C=O) groups excluding carboxylic acids is 2. The summed E-state index contributed by atoms with van der Waals surface area (Å²) in [6.07, 6.45) is 8.51. The predicted octanol–water partition coefficient (Wildman–Crippen LogP) is 3.08. The van der Waals surface area contributed by atoms with Gasteiger partial charge in [0.1, 0.15) is 10.8 Å². The quantitative estimate of drug-likeness (QED) is 0.590. The molecule has 8 heteroatoms. The highest BCUT2D eigenvalue weighted by Gasteiger charge is 2.33. The lowest BCUT2D eigenvalue weighted by Crippen LogP contribution is -2.45. The SMILES string of the molecule is CC1NC(=O)C(c2csc(-c3ccnc(NCC4CC4)c3)n2)C=C1C(=O)NCC1CC1. The van der Waals surface area contributed by atoms with E-state index in [0.29, 0.717) is 23.7 Å². The van der Waals surface area contributed by atoms with Crippen LogP contribution in [0.4, 0.5) is 5.82 Å². The zero-order chi connectivity index (χ0) is 21.4.